The first-order valence-corrected chi connectivity index (χ1v) is 8.33. The van der Waals surface area contributed by atoms with Crippen molar-refractivity contribution < 1.29 is 10.2 Å². The first-order valence-electron chi connectivity index (χ1n) is 8.33. The molecule has 0 radical (unpaired) electrons. The number of imidazole rings is 1. The maximum absolute atomic E-state index is 10.2. The van der Waals surface area contributed by atoms with Crippen LogP contribution in [0.15, 0.2) is 36.8 Å². The van der Waals surface area contributed by atoms with Crippen molar-refractivity contribution in [1.29, 1.82) is 0 Å². The van der Waals surface area contributed by atoms with Gasteiger partial charge in [0.25, 0.3) is 0 Å². The number of phenolic OH excluding ortho intramolecular Hbond substituents is 2. The summed E-state index contributed by atoms with van der Waals surface area (Å²) in [5, 5.41) is 23.4. The highest BCUT2D eigenvalue weighted by Gasteiger charge is 2.21. The highest BCUT2D eigenvalue weighted by molar-refractivity contribution is 5.80. The first kappa shape index (κ1) is 14.8. The van der Waals surface area contributed by atoms with Crippen LogP contribution in [0.3, 0.4) is 0 Å². The van der Waals surface area contributed by atoms with E-state index < -0.39 is 0 Å². The number of hydrogen-bond donors (Lipinski definition) is 3. The predicted octanol–water partition coefficient (Wildman–Crippen LogP) is 3.55. The number of hydrogen-bond acceptors (Lipinski definition) is 5. The fourth-order valence-electron chi connectivity index (χ4n) is 3.39. The van der Waals surface area contributed by atoms with Crippen LogP contribution in [0.2, 0.25) is 0 Å². The van der Waals surface area contributed by atoms with Gasteiger partial charge in [0.1, 0.15) is 23.0 Å². The zero-order valence-electron chi connectivity index (χ0n) is 13.3. The monoisotopic (exact) mass is 324 g/mol. The minimum absolute atomic E-state index is 0.0121. The van der Waals surface area contributed by atoms with E-state index in [1.807, 2.05) is 10.6 Å². The summed E-state index contributed by atoms with van der Waals surface area (Å²) in [5.41, 5.74) is 1.99. The molecule has 1 aromatic carbocycles. The lowest BCUT2D eigenvalue weighted by Gasteiger charge is -2.24. The van der Waals surface area contributed by atoms with E-state index in [-0.39, 0.29) is 11.5 Å². The van der Waals surface area contributed by atoms with Crippen molar-refractivity contribution in [3.63, 3.8) is 0 Å². The molecule has 1 saturated carbocycles. The molecule has 1 aliphatic rings. The lowest BCUT2D eigenvalue weighted by molar-refractivity contribution is 0.451. The Balaban J connectivity index is 1.83. The highest BCUT2D eigenvalue weighted by Crippen LogP contribution is 2.37. The third kappa shape index (κ3) is 2.64. The van der Waals surface area contributed by atoms with E-state index in [0.717, 1.165) is 24.3 Å². The molecule has 2 aromatic heterocycles. The molecule has 0 saturated heterocycles. The van der Waals surface area contributed by atoms with Crippen LogP contribution in [-0.2, 0) is 0 Å². The van der Waals surface area contributed by atoms with Crippen LogP contribution in [0.25, 0.3) is 16.9 Å². The Morgan fingerprint density at radius 3 is 2.75 bits per heavy atom. The molecule has 24 heavy (non-hydrogen) atoms. The molecule has 0 amide bonds. The van der Waals surface area contributed by atoms with Gasteiger partial charge in [0.2, 0.25) is 0 Å². The maximum atomic E-state index is 10.2. The van der Waals surface area contributed by atoms with E-state index in [1.54, 1.807) is 24.5 Å². The molecule has 1 fully saturated rings. The predicted molar refractivity (Wildman–Crippen MR) is 92.2 cm³/mol. The van der Waals surface area contributed by atoms with Gasteiger partial charge in [-0.25, -0.2) is 4.98 Å². The summed E-state index contributed by atoms with van der Waals surface area (Å²) in [7, 11) is 0. The van der Waals surface area contributed by atoms with Gasteiger partial charge >= 0.3 is 0 Å². The number of aromatic nitrogens is 3. The number of phenols is 2. The van der Waals surface area contributed by atoms with Gasteiger partial charge in [0, 0.05) is 30.1 Å². The molecule has 6 heteroatoms. The summed E-state index contributed by atoms with van der Waals surface area (Å²) < 4.78 is 1.96. The largest absolute Gasteiger partial charge is 0.508 e. The number of aromatic hydroxyl groups is 2. The SMILES string of the molecule is Oc1ccc(-c2nc3cnccn3c2NC2CCCCC2)c(O)c1. The fraction of sp³-hybridized carbons (Fsp3) is 0.333. The number of fused-ring (bicyclic) bond motifs is 1. The van der Waals surface area contributed by atoms with E-state index in [4.69, 9.17) is 0 Å². The molecule has 2 heterocycles. The van der Waals surface area contributed by atoms with Crippen molar-refractivity contribution in [1.82, 2.24) is 14.4 Å². The van der Waals surface area contributed by atoms with Gasteiger partial charge in [0.15, 0.2) is 5.65 Å². The van der Waals surface area contributed by atoms with Gasteiger partial charge in [-0.15, -0.1) is 0 Å². The first-order chi connectivity index (χ1) is 11.7. The van der Waals surface area contributed by atoms with Crippen molar-refractivity contribution in [2.45, 2.75) is 38.1 Å². The molecule has 124 valence electrons. The van der Waals surface area contributed by atoms with E-state index in [0.29, 0.717) is 17.3 Å². The van der Waals surface area contributed by atoms with Gasteiger partial charge in [-0.2, -0.15) is 0 Å². The minimum atomic E-state index is 0.0121. The maximum Gasteiger partial charge on any atom is 0.157 e. The average Bonchev–Trinajstić information content (AvgIpc) is 2.94. The molecule has 0 unspecified atom stereocenters. The molecule has 0 aliphatic heterocycles. The van der Waals surface area contributed by atoms with Gasteiger partial charge in [0.05, 0.1) is 6.20 Å². The molecule has 6 nitrogen and oxygen atoms in total. The standard InChI is InChI=1S/C18H20N4O2/c23-13-6-7-14(15(24)10-13)17-18(20-12-4-2-1-3-5-12)22-9-8-19-11-16(22)21-17/h6-12,20,23-24H,1-5H2. The molecular formula is C18H20N4O2. The minimum Gasteiger partial charge on any atom is -0.508 e. The van der Waals surface area contributed by atoms with E-state index in [9.17, 15) is 10.2 Å². The smallest absolute Gasteiger partial charge is 0.157 e. The third-order valence-electron chi connectivity index (χ3n) is 4.61. The second kappa shape index (κ2) is 6.03. The van der Waals surface area contributed by atoms with Gasteiger partial charge in [-0.05, 0) is 25.0 Å². The molecule has 3 aromatic rings. The Kier molecular flexibility index (Phi) is 3.72. The van der Waals surface area contributed by atoms with Crippen molar-refractivity contribution in [3.05, 3.63) is 36.8 Å². The summed E-state index contributed by atoms with van der Waals surface area (Å²) in [6.45, 7) is 0. The molecular weight excluding hydrogens is 304 g/mol. The molecule has 3 N–H and O–H groups in total. The number of anilines is 1. The van der Waals surface area contributed by atoms with E-state index in [1.165, 1.54) is 25.3 Å². The quantitative estimate of drug-likeness (QED) is 0.686. The topological polar surface area (TPSA) is 82.7 Å². The summed E-state index contributed by atoms with van der Waals surface area (Å²) >= 11 is 0. The van der Waals surface area contributed by atoms with Crippen LogP contribution in [-0.4, -0.2) is 30.6 Å². The Bertz CT molecular complexity index is 869. The van der Waals surface area contributed by atoms with E-state index >= 15 is 0 Å². The van der Waals surface area contributed by atoms with Gasteiger partial charge in [-0.1, -0.05) is 19.3 Å². The van der Waals surface area contributed by atoms with Crippen LogP contribution >= 0.6 is 0 Å². The molecule has 0 atom stereocenters. The van der Waals surface area contributed by atoms with Crippen LogP contribution in [0.1, 0.15) is 32.1 Å². The van der Waals surface area contributed by atoms with Crippen LogP contribution < -0.4 is 5.32 Å². The third-order valence-corrected chi connectivity index (χ3v) is 4.61. The molecule has 0 bridgehead atoms. The number of benzene rings is 1. The lowest BCUT2D eigenvalue weighted by atomic mass is 9.95. The fourth-order valence-corrected chi connectivity index (χ4v) is 3.39. The zero-order valence-corrected chi connectivity index (χ0v) is 13.3. The second-order valence-corrected chi connectivity index (χ2v) is 6.29. The Morgan fingerprint density at radius 2 is 1.96 bits per heavy atom. The van der Waals surface area contributed by atoms with Crippen molar-refractivity contribution in [2.75, 3.05) is 5.32 Å². The summed E-state index contributed by atoms with van der Waals surface area (Å²) in [4.78, 5) is 8.77. The molecule has 1 aliphatic carbocycles. The average molecular weight is 324 g/mol. The number of nitrogens with one attached hydrogen (secondary N) is 1. The van der Waals surface area contributed by atoms with Crippen LogP contribution in [0.4, 0.5) is 5.82 Å². The van der Waals surface area contributed by atoms with Crippen molar-refractivity contribution in [2.24, 2.45) is 0 Å². The molecule has 0 spiro atoms. The Morgan fingerprint density at radius 1 is 1.12 bits per heavy atom. The summed E-state index contributed by atoms with van der Waals surface area (Å²) in [5.74, 6) is 0.904. The number of rotatable bonds is 3. The highest BCUT2D eigenvalue weighted by atomic mass is 16.3. The summed E-state index contributed by atoms with van der Waals surface area (Å²) in [6.07, 6.45) is 11.3. The summed E-state index contributed by atoms with van der Waals surface area (Å²) in [6, 6.07) is 4.99. The van der Waals surface area contributed by atoms with Crippen LogP contribution in [0, 0.1) is 0 Å². The van der Waals surface area contributed by atoms with Crippen molar-refractivity contribution in [3.8, 4) is 22.8 Å². The Hall–Kier alpha value is -2.76. The normalized spacial score (nSPS) is 15.7. The number of nitrogens with zero attached hydrogens (tertiary/aromatic N) is 3. The lowest BCUT2D eigenvalue weighted by Crippen LogP contribution is -2.23. The van der Waals surface area contributed by atoms with Gasteiger partial charge in [-0.3, -0.25) is 9.38 Å². The van der Waals surface area contributed by atoms with Crippen molar-refractivity contribution >= 4 is 11.5 Å². The molecule has 4 rings (SSSR count). The zero-order chi connectivity index (χ0) is 16.5. The van der Waals surface area contributed by atoms with Crippen LogP contribution in [0.5, 0.6) is 11.5 Å². The second-order valence-electron chi connectivity index (χ2n) is 6.29. The van der Waals surface area contributed by atoms with Gasteiger partial charge < -0.3 is 15.5 Å². The Labute approximate surface area is 139 Å². The van der Waals surface area contributed by atoms with E-state index in [2.05, 4.69) is 15.3 Å².